The van der Waals surface area contributed by atoms with Crippen LogP contribution in [0, 0.1) is 0 Å². The minimum Gasteiger partial charge on any atom is -0.390 e. The zero-order chi connectivity index (χ0) is 37.2. The van der Waals surface area contributed by atoms with Crippen LogP contribution >= 0.6 is 0 Å². The van der Waals surface area contributed by atoms with Crippen molar-refractivity contribution in [3.8, 4) is 0 Å². The topological polar surface area (TPSA) is 111 Å². The Hall–Kier alpha value is -1.48. The second-order valence-corrected chi connectivity index (χ2v) is 15.5. The Bertz CT molecular complexity index is 966. The van der Waals surface area contributed by atoms with Crippen LogP contribution in [0.4, 0.5) is 11.4 Å². The number of aliphatic hydroxyl groups excluding tert-OH is 1. The van der Waals surface area contributed by atoms with Crippen molar-refractivity contribution in [3.05, 3.63) is 20.4 Å². The molecule has 0 bridgehead atoms. The van der Waals surface area contributed by atoms with Gasteiger partial charge >= 0.3 is 0 Å². The summed E-state index contributed by atoms with van der Waals surface area (Å²) in [5.41, 5.74) is 5.84. The maximum atomic E-state index is 11.9. The third kappa shape index (κ3) is 25.2. The highest BCUT2D eigenvalue weighted by Gasteiger charge is 2.19. The van der Waals surface area contributed by atoms with Crippen LogP contribution in [0.2, 0.25) is 0 Å². The number of unbranched alkanes of at least 4 members (excludes halogenated alkanes) is 23. The summed E-state index contributed by atoms with van der Waals surface area (Å²) in [7, 11) is 1.69. The predicted molar refractivity (Wildman–Crippen MR) is 223 cm³/mol. The van der Waals surface area contributed by atoms with Gasteiger partial charge in [-0.25, -0.2) is 0 Å². The standard InChI is InChI=1S/C43H85N5O3/c1-4-6-8-10-12-14-16-18-20-22-24-26-32-47(36-30-31-46-41-40(45-3)42(50)43(41)51)33-28-29-35-48(38-39(49)37-44)34-27-25-23-21-19-17-15-13-11-9-7-5-2/h39,45-46,49H,4-38,44H2,1-3H3. The molecule has 0 aliphatic carbocycles. The average molecular weight is 720 g/mol. The van der Waals surface area contributed by atoms with Crippen LogP contribution in [0.25, 0.3) is 0 Å². The highest BCUT2D eigenvalue weighted by molar-refractivity contribution is 5.73. The first-order chi connectivity index (χ1) is 25.0. The van der Waals surface area contributed by atoms with Crippen LogP contribution in [0.3, 0.4) is 0 Å². The molecule has 1 aromatic carbocycles. The lowest BCUT2D eigenvalue weighted by Gasteiger charge is -2.26. The summed E-state index contributed by atoms with van der Waals surface area (Å²) in [6.07, 6.45) is 35.4. The Morgan fingerprint density at radius 2 is 0.843 bits per heavy atom. The maximum Gasteiger partial charge on any atom is 0.253 e. The minimum absolute atomic E-state index is 0.322. The van der Waals surface area contributed by atoms with Gasteiger partial charge in [0.15, 0.2) is 0 Å². The second-order valence-electron chi connectivity index (χ2n) is 15.5. The van der Waals surface area contributed by atoms with Crippen molar-refractivity contribution in [2.75, 3.05) is 70.0 Å². The molecule has 1 unspecified atom stereocenters. The number of rotatable bonds is 40. The van der Waals surface area contributed by atoms with Gasteiger partial charge < -0.3 is 31.3 Å². The average Bonchev–Trinajstić information content (AvgIpc) is 3.14. The van der Waals surface area contributed by atoms with E-state index in [0.717, 1.165) is 52.0 Å². The van der Waals surface area contributed by atoms with Gasteiger partial charge in [0.05, 0.1) is 6.10 Å². The van der Waals surface area contributed by atoms with Gasteiger partial charge in [-0.2, -0.15) is 0 Å². The van der Waals surface area contributed by atoms with E-state index < -0.39 is 17.0 Å². The zero-order valence-electron chi connectivity index (χ0n) is 34.1. The van der Waals surface area contributed by atoms with Gasteiger partial charge in [-0.05, 0) is 64.8 Å². The molecule has 1 atom stereocenters. The predicted octanol–water partition coefficient (Wildman–Crippen LogP) is 9.23. The molecule has 0 saturated carbocycles. The van der Waals surface area contributed by atoms with E-state index >= 15 is 0 Å². The van der Waals surface area contributed by atoms with Crippen LogP contribution in [0.5, 0.6) is 0 Å². The van der Waals surface area contributed by atoms with Crippen molar-refractivity contribution in [1.29, 1.82) is 0 Å². The highest BCUT2D eigenvalue weighted by Crippen LogP contribution is 2.15. The molecule has 8 heteroatoms. The minimum atomic E-state index is -0.450. The number of hydrogen-bond acceptors (Lipinski definition) is 8. The lowest BCUT2D eigenvalue weighted by molar-refractivity contribution is 0.115. The Morgan fingerprint density at radius 3 is 1.24 bits per heavy atom. The molecule has 0 heterocycles. The van der Waals surface area contributed by atoms with Crippen LogP contribution in [0.1, 0.15) is 187 Å². The largest absolute Gasteiger partial charge is 0.390 e. The zero-order valence-corrected chi connectivity index (χ0v) is 34.1. The smallest absolute Gasteiger partial charge is 0.253 e. The van der Waals surface area contributed by atoms with E-state index in [9.17, 15) is 14.7 Å². The van der Waals surface area contributed by atoms with E-state index in [-0.39, 0.29) is 0 Å². The Morgan fingerprint density at radius 1 is 0.510 bits per heavy atom. The van der Waals surface area contributed by atoms with Gasteiger partial charge in [0.1, 0.15) is 11.4 Å². The SMILES string of the molecule is CCCCCCCCCCCCCCN(CCCCN(CCCCCCCCCCCCCC)CC(O)CN)CCCNc1c(NC)c(=O)c1=O. The van der Waals surface area contributed by atoms with E-state index in [0.29, 0.717) is 31.0 Å². The van der Waals surface area contributed by atoms with Gasteiger partial charge in [0.25, 0.3) is 10.9 Å². The molecule has 0 aliphatic rings. The summed E-state index contributed by atoms with van der Waals surface area (Å²) in [4.78, 5) is 28.7. The van der Waals surface area contributed by atoms with Crippen molar-refractivity contribution in [3.63, 3.8) is 0 Å². The van der Waals surface area contributed by atoms with Crippen LogP contribution in [0.15, 0.2) is 9.59 Å². The fraction of sp³-hybridized carbons (Fsp3) is 0.907. The van der Waals surface area contributed by atoms with Crippen molar-refractivity contribution in [2.24, 2.45) is 5.73 Å². The number of nitrogens with zero attached hydrogens (tertiary/aromatic N) is 2. The summed E-state index contributed by atoms with van der Waals surface area (Å²) in [5.74, 6) is 0. The Balaban J connectivity index is 2.38. The van der Waals surface area contributed by atoms with Gasteiger partial charge in [-0.1, -0.05) is 155 Å². The fourth-order valence-corrected chi connectivity index (χ4v) is 7.34. The lowest BCUT2D eigenvalue weighted by atomic mass is 10.1. The molecule has 300 valence electrons. The quantitative estimate of drug-likeness (QED) is 0.0393. The van der Waals surface area contributed by atoms with E-state index in [1.54, 1.807) is 7.05 Å². The number of nitrogens with one attached hydrogen (secondary N) is 2. The first-order valence-electron chi connectivity index (χ1n) is 22.1. The maximum absolute atomic E-state index is 11.9. The molecule has 0 radical (unpaired) electrons. The van der Waals surface area contributed by atoms with Crippen LogP contribution in [-0.4, -0.2) is 80.4 Å². The summed E-state index contributed by atoms with van der Waals surface area (Å²) < 4.78 is 0. The molecule has 51 heavy (non-hydrogen) atoms. The molecule has 8 nitrogen and oxygen atoms in total. The second kappa shape index (κ2) is 34.3. The number of aliphatic hydroxyl groups is 1. The molecule has 0 spiro atoms. The normalized spacial score (nSPS) is 12.5. The van der Waals surface area contributed by atoms with E-state index in [4.69, 9.17) is 5.73 Å². The van der Waals surface area contributed by atoms with E-state index in [2.05, 4.69) is 34.3 Å². The third-order valence-electron chi connectivity index (χ3n) is 10.7. The summed E-state index contributed by atoms with van der Waals surface area (Å²) in [6, 6.07) is 0. The van der Waals surface area contributed by atoms with Gasteiger partial charge in [-0.3, -0.25) is 9.59 Å². The first-order valence-corrected chi connectivity index (χ1v) is 22.1. The number of anilines is 2. The van der Waals surface area contributed by atoms with E-state index in [1.807, 2.05) is 0 Å². The number of hydrogen-bond donors (Lipinski definition) is 4. The molecular weight excluding hydrogens is 635 g/mol. The van der Waals surface area contributed by atoms with Crippen molar-refractivity contribution in [1.82, 2.24) is 9.80 Å². The van der Waals surface area contributed by atoms with Crippen LogP contribution < -0.4 is 27.2 Å². The molecular formula is C43H85N5O3. The molecule has 1 rings (SSSR count). The van der Waals surface area contributed by atoms with Gasteiger partial charge in [-0.15, -0.1) is 0 Å². The van der Waals surface area contributed by atoms with Gasteiger partial charge in [0, 0.05) is 26.7 Å². The molecule has 0 aliphatic heterocycles. The molecule has 0 amide bonds. The molecule has 0 saturated heterocycles. The number of nitrogens with two attached hydrogens (primary N) is 1. The summed E-state index contributed by atoms with van der Waals surface area (Å²) >= 11 is 0. The summed E-state index contributed by atoms with van der Waals surface area (Å²) in [5, 5.41) is 16.4. The van der Waals surface area contributed by atoms with E-state index in [1.165, 1.54) is 154 Å². The van der Waals surface area contributed by atoms with Crippen LogP contribution in [-0.2, 0) is 0 Å². The Kier molecular flexibility index (Phi) is 32.0. The van der Waals surface area contributed by atoms with Crippen molar-refractivity contribution in [2.45, 2.75) is 193 Å². The molecule has 0 fully saturated rings. The first kappa shape index (κ1) is 47.5. The van der Waals surface area contributed by atoms with Crippen molar-refractivity contribution >= 4 is 11.4 Å². The monoisotopic (exact) mass is 720 g/mol. The summed E-state index contributed by atoms with van der Waals surface area (Å²) in [6.45, 7) is 11.5. The molecule has 5 N–H and O–H groups in total. The van der Waals surface area contributed by atoms with Gasteiger partial charge in [0.2, 0.25) is 0 Å². The lowest BCUT2D eigenvalue weighted by Crippen LogP contribution is -2.38. The molecule has 1 aromatic rings. The van der Waals surface area contributed by atoms with Crippen molar-refractivity contribution < 1.29 is 5.11 Å². The Labute approximate surface area is 315 Å². The fourth-order valence-electron chi connectivity index (χ4n) is 7.34. The third-order valence-corrected chi connectivity index (χ3v) is 10.7. The highest BCUT2D eigenvalue weighted by atomic mass is 16.3. The molecule has 0 aromatic heterocycles.